The fourth-order valence-corrected chi connectivity index (χ4v) is 2.79. The molecule has 2 aromatic heterocycles. The Morgan fingerprint density at radius 1 is 0.833 bits per heavy atom. The lowest BCUT2D eigenvalue weighted by molar-refractivity contribution is 0.872. The number of nitrogens with zero attached hydrogens (tertiary/aromatic N) is 4. The van der Waals surface area contributed by atoms with Crippen LogP contribution in [0.1, 0.15) is 11.5 Å². The van der Waals surface area contributed by atoms with Crippen molar-refractivity contribution >= 4 is 22.5 Å². The number of benzene rings is 2. The molecule has 5 nitrogen and oxygen atoms in total. The molecule has 1 N–H and O–H groups in total. The predicted molar refractivity (Wildman–Crippen MR) is 95.9 cm³/mol. The van der Waals surface area contributed by atoms with Crippen LogP contribution in [0, 0.1) is 13.8 Å². The second-order valence-corrected chi connectivity index (χ2v) is 5.64. The van der Waals surface area contributed by atoms with Crippen molar-refractivity contribution in [1.29, 1.82) is 0 Å². The molecule has 0 bridgehead atoms. The van der Waals surface area contributed by atoms with E-state index >= 15 is 0 Å². The number of aryl methyl sites for hydroxylation is 2. The number of hydrogen-bond donors (Lipinski definition) is 1. The molecule has 0 spiro atoms. The zero-order valence-electron chi connectivity index (χ0n) is 13.6. The minimum Gasteiger partial charge on any atom is -0.340 e. The van der Waals surface area contributed by atoms with Crippen molar-refractivity contribution in [2.45, 2.75) is 13.8 Å². The van der Waals surface area contributed by atoms with Gasteiger partial charge in [0.05, 0.1) is 16.8 Å². The summed E-state index contributed by atoms with van der Waals surface area (Å²) in [6, 6.07) is 20.0. The summed E-state index contributed by atoms with van der Waals surface area (Å²) >= 11 is 0. The molecule has 4 aromatic rings. The molecule has 0 unspecified atom stereocenters. The Hall–Kier alpha value is -3.21. The molecule has 0 aliphatic heterocycles. The van der Waals surface area contributed by atoms with Gasteiger partial charge in [0.25, 0.3) is 0 Å². The molecule has 0 fully saturated rings. The van der Waals surface area contributed by atoms with Gasteiger partial charge in [0.2, 0.25) is 0 Å². The molecule has 0 atom stereocenters. The van der Waals surface area contributed by atoms with Gasteiger partial charge >= 0.3 is 0 Å². The maximum atomic E-state index is 4.68. The van der Waals surface area contributed by atoms with Crippen LogP contribution in [0.25, 0.3) is 16.7 Å². The molecule has 2 aromatic carbocycles. The van der Waals surface area contributed by atoms with Gasteiger partial charge in [0, 0.05) is 5.69 Å². The number of fused-ring (bicyclic) bond motifs is 1. The van der Waals surface area contributed by atoms with Gasteiger partial charge in [-0.25, -0.2) is 14.6 Å². The van der Waals surface area contributed by atoms with Crippen molar-refractivity contribution in [3.63, 3.8) is 0 Å². The minimum absolute atomic E-state index is 0.706. The van der Waals surface area contributed by atoms with E-state index in [2.05, 4.69) is 20.4 Å². The van der Waals surface area contributed by atoms with Crippen molar-refractivity contribution in [2.24, 2.45) is 0 Å². The van der Waals surface area contributed by atoms with E-state index in [-0.39, 0.29) is 0 Å². The van der Waals surface area contributed by atoms with Crippen LogP contribution in [0.15, 0.2) is 60.7 Å². The van der Waals surface area contributed by atoms with Crippen LogP contribution in [0.4, 0.5) is 11.5 Å². The first-order valence-electron chi connectivity index (χ1n) is 7.84. The van der Waals surface area contributed by atoms with Crippen LogP contribution in [-0.4, -0.2) is 19.7 Å². The Labute approximate surface area is 140 Å². The summed E-state index contributed by atoms with van der Waals surface area (Å²) in [4.78, 5) is 9.21. The number of para-hydroxylation sites is 2. The third-order valence-electron chi connectivity index (χ3n) is 3.85. The molecule has 118 valence electrons. The highest BCUT2D eigenvalue weighted by molar-refractivity contribution is 5.92. The quantitative estimate of drug-likeness (QED) is 0.616. The molecule has 0 saturated heterocycles. The first kappa shape index (κ1) is 14.4. The van der Waals surface area contributed by atoms with Crippen molar-refractivity contribution in [2.75, 3.05) is 5.32 Å². The van der Waals surface area contributed by atoms with Crippen LogP contribution in [0.5, 0.6) is 0 Å². The van der Waals surface area contributed by atoms with Gasteiger partial charge in [-0.1, -0.05) is 36.4 Å². The summed E-state index contributed by atoms with van der Waals surface area (Å²) in [7, 11) is 0. The standard InChI is InChI=1S/C19H17N5/c1-13-17-18(22-15-9-5-3-6-10-15)20-14(2)21-19(17)24(23-13)16-11-7-4-8-12-16/h3-12H,1-2H3,(H,20,21,22). The van der Waals surface area contributed by atoms with E-state index in [1.807, 2.05) is 79.2 Å². The van der Waals surface area contributed by atoms with E-state index in [0.29, 0.717) is 5.82 Å². The number of nitrogens with one attached hydrogen (secondary N) is 1. The smallest absolute Gasteiger partial charge is 0.168 e. The van der Waals surface area contributed by atoms with Gasteiger partial charge in [-0.15, -0.1) is 0 Å². The fraction of sp³-hybridized carbons (Fsp3) is 0.105. The zero-order chi connectivity index (χ0) is 16.5. The summed E-state index contributed by atoms with van der Waals surface area (Å²) in [5.41, 5.74) is 3.68. The van der Waals surface area contributed by atoms with Crippen molar-refractivity contribution in [3.8, 4) is 5.69 Å². The Balaban J connectivity index is 1.91. The van der Waals surface area contributed by atoms with Gasteiger partial charge in [0.15, 0.2) is 5.65 Å². The zero-order valence-corrected chi connectivity index (χ0v) is 13.6. The van der Waals surface area contributed by atoms with Crippen molar-refractivity contribution in [1.82, 2.24) is 19.7 Å². The maximum absolute atomic E-state index is 4.68. The van der Waals surface area contributed by atoms with E-state index in [1.165, 1.54) is 0 Å². The molecular formula is C19H17N5. The van der Waals surface area contributed by atoms with Gasteiger partial charge in [-0.2, -0.15) is 5.10 Å². The number of hydrogen-bond acceptors (Lipinski definition) is 4. The van der Waals surface area contributed by atoms with Gasteiger partial charge < -0.3 is 5.32 Å². The highest BCUT2D eigenvalue weighted by atomic mass is 15.3. The second kappa shape index (κ2) is 5.77. The first-order chi connectivity index (χ1) is 11.7. The predicted octanol–water partition coefficient (Wildman–Crippen LogP) is 4.18. The third-order valence-corrected chi connectivity index (χ3v) is 3.85. The minimum atomic E-state index is 0.706. The molecular weight excluding hydrogens is 298 g/mol. The molecule has 24 heavy (non-hydrogen) atoms. The molecule has 4 rings (SSSR count). The lowest BCUT2D eigenvalue weighted by Gasteiger charge is -2.08. The van der Waals surface area contributed by atoms with E-state index < -0.39 is 0 Å². The summed E-state index contributed by atoms with van der Waals surface area (Å²) in [5.74, 6) is 1.49. The summed E-state index contributed by atoms with van der Waals surface area (Å²) < 4.78 is 1.87. The normalized spacial score (nSPS) is 10.9. The molecule has 0 saturated carbocycles. The average Bonchev–Trinajstić information content (AvgIpc) is 2.93. The van der Waals surface area contributed by atoms with Crippen LogP contribution in [0.2, 0.25) is 0 Å². The van der Waals surface area contributed by atoms with E-state index in [9.17, 15) is 0 Å². The molecule has 0 amide bonds. The fourth-order valence-electron chi connectivity index (χ4n) is 2.79. The SMILES string of the molecule is Cc1nc(Nc2ccccc2)c2c(C)nn(-c3ccccc3)c2n1. The Morgan fingerprint density at radius 2 is 1.50 bits per heavy atom. The highest BCUT2D eigenvalue weighted by Crippen LogP contribution is 2.28. The van der Waals surface area contributed by atoms with Crippen LogP contribution in [-0.2, 0) is 0 Å². The topological polar surface area (TPSA) is 55.6 Å². The molecule has 2 heterocycles. The van der Waals surface area contributed by atoms with Gasteiger partial charge in [-0.05, 0) is 38.1 Å². The van der Waals surface area contributed by atoms with Crippen LogP contribution < -0.4 is 5.32 Å². The van der Waals surface area contributed by atoms with E-state index in [0.717, 1.165) is 33.9 Å². The molecule has 0 aliphatic rings. The summed E-state index contributed by atoms with van der Waals surface area (Å²) in [6.07, 6.45) is 0. The van der Waals surface area contributed by atoms with Crippen LogP contribution in [0.3, 0.4) is 0 Å². The Morgan fingerprint density at radius 3 is 2.21 bits per heavy atom. The second-order valence-electron chi connectivity index (χ2n) is 5.64. The van der Waals surface area contributed by atoms with E-state index in [1.54, 1.807) is 0 Å². The largest absolute Gasteiger partial charge is 0.340 e. The van der Waals surface area contributed by atoms with Gasteiger partial charge in [0.1, 0.15) is 11.6 Å². The molecule has 5 heteroatoms. The summed E-state index contributed by atoms with van der Waals surface area (Å²) in [5, 5.41) is 9.00. The molecule has 0 aliphatic carbocycles. The molecule has 0 radical (unpaired) electrons. The number of anilines is 2. The number of aromatic nitrogens is 4. The number of rotatable bonds is 3. The van der Waals surface area contributed by atoms with Crippen molar-refractivity contribution in [3.05, 3.63) is 72.2 Å². The first-order valence-corrected chi connectivity index (χ1v) is 7.84. The Bertz CT molecular complexity index is 991. The van der Waals surface area contributed by atoms with Crippen molar-refractivity contribution < 1.29 is 0 Å². The van der Waals surface area contributed by atoms with Crippen LogP contribution >= 0.6 is 0 Å². The van der Waals surface area contributed by atoms with E-state index in [4.69, 9.17) is 0 Å². The highest BCUT2D eigenvalue weighted by Gasteiger charge is 2.16. The maximum Gasteiger partial charge on any atom is 0.168 e. The third kappa shape index (κ3) is 2.50. The average molecular weight is 315 g/mol. The van der Waals surface area contributed by atoms with Gasteiger partial charge in [-0.3, -0.25) is 0 Å². The Kier molecular flexibility index (Phi) is 3.46. The monoisotopic (exact) mass is 315 g/mol. The lowest BCUT2D eigenvalue weighted by Crippen LogP contribution is -2.01. The summed E-state index contributed by atoms with van der Waals surface area (Å²) in [6.45, 7) is 3.88. The lowest BCUT2D eigenvalue weighted by atomic mass is 10.2.